The van der Waals surface area contributed by atoms with Gasteiger partial charge in [-0.05, 0) is 65.2 Å². The van der Waals surface area contributed by atoms with Crippen molar-refractivity contribution in [1.82, 2.24) is 0 Å². The molecule has 0 amide bonds. The second-order valence-electron chi connectivity index (χ2n) is 7.46. The lowest BCUT2D eigenvalue weighted by atomic mass is 9.90. The second-order valence-corrected chi connectivity index (χ2v) is 7.46. The van der Waals surface area contributed by atoms with Gasteiger partial charge in [-0.25, -0.2) is 0 Å². The molecule has 2 atom stereocenters. The number of epoxide rings is 1. The van der Waals surface area contributed by atoms with Crippen LogP contribution in [0.25, 0.3) is 0 Å². The predicted molar refractivity (Wildman–Crippen MR) is 91.4 cm³/mol. The number of allylic oxidation sites excluding steroid dienone is 6. The average molecular weight is 288 g/mol. The normalized spacial score (nSPS) is 39.1. The maximum Gasteiger partial charge on any atom is 0.0923 e. The summed E-state index contributed by atoms with van der Waals surface area (Å²) in [5, 5.41) is 0. The topological polar surface area (TPSA) is 12.5 Å². The van der Waals surface area contributed by atoms with Gasteiger partial charge in [0.15, 0.2) is 0 Å². The summed E-state index contributed by atoms with van der Waals surface area (Å²) in [5.41, 5.74) is 4.71. The molecule has 0 radical (unpaired) electrons. The second kappa shape index (κ2) is 6.96. The smallest absolute Gasteiger partial charge is 0.0923 e. The number of ether oxygens (including phenoxy) is 1. The van der Waals surface area contributed by atoms with Gasteiger partial charge in [0, 0.05) is 0 Å². The van der Waals surface area contributed by atoms with Gasteiger partial charge in [0.1, 0.15) is 0 Å². The van der Waals surface area contributed by atoms with Crippen LogP contribution in [-0.2, 0) is 4.74 Å². The molecule has 118 valence electrons. The van der Waals surface area contributed by atoms with Gasteiger partial charge < -0.3 is 4.74 Å². The molecular weight excluding hydrogens is 256 g/mol. The third-order valence-corrected chi connectivity index (χ3v) is 5.10. The Labute approximate surface area is 131 Å². The first-order chi connectivity index (χ1) is 9.90. The van der Waals surface area contributed by atoms with E-state index >= 15 is 0 Å². The van der Waals surface area contributed by atoms with Crippen LogP contribution in [0.4, 0.5) is 0 Å². The molecular formula is C20H32O. The highest BCUT2D eigenvalue weighted by Crippen LogP contribution is 2.44. The molecule has 1 aliphatic heterocycles. The van der Waals surface area contributed by atoms with Gasteiger partial charge in [-0.3, -0.25) is 0 Å². The highest BCUT2D eigenvalue weighted by molar-refractivity contribution is 5.20. The summed E-state index contributed by atoms with van der Waals surface area (Å²) in [6.07, 6.45) is 14.6. The van der Waals surface area contributed by atoms with Crippen LogP contribution in [-0.4, -0.2) is 11.7 Å². The summed E-state index contributed by atoms with van der Waals surface area (Å²) in [5.74, 6) is 0.630. The zero-order chi connectivity index (χ0) is 15.5. The molecule has 2 aliphatic rings. The fourth-order valence-corrected chi connectivity index (χ4v) is 3.17. The Morgan fingerprint density at radius 3 is 2.57 bits per heavy atom. The van der Waals surface area contributed by atoms with Crippen LogP contribution >= 0.6 is 0 Å². The summed E-state index contributed by atoms with van der Waals surface area (Å²) < 4.78 is 6.01. The summed E-state index contributed by atoms with van der Waals surface area (Å²) in [6.45, 7) is 11.4. The first-order valence-electron chi connectivity index (χ1n) is 8.60. The van der Waals surface area contributed by atoms with E-state index in [-0.39, 0.29) is 5.60 Å². The summed E-state index contributed by atoms with van der Waals surface area (Å²) in [7, 11) is 0. The van der Waals surface area contributed by atoms with Gasteiger partial charge in [-0.1, -0.05) is 48.8 Å². The lowest BCUT2D eigenvalue weighted by molar-refractivity contribution is 0.293. The minimum absolute atomic E-state index is 0.136. The maximum absolute atomic E-state index is 6.01. The van der Waals surface area contributed by atoms with Crippen molar-refractivity contribution in [3.05, 3.63) is 34.9 Å². The van der Waals surface area contributed by atoms with E-state index in [0.29, 0.717) is 12.0 Å². The van der Waals surface area contributed by atoms with Gasteiger partial charge in [0.25, 0.3) is 0 Å². The van der Waals surface area contributed by atoms with E-state index in [9.17, 15) is 0 Å². The highest BCUT2D eigenvalue weighted by Gasteiger charge is 2.50. The molecule has 0 unspecified atom stereocenters. The van der Waals surface area contributed by atoms with E-state index in [2.05, 4.69) is 52.8 Å². The fourth-order valence-electron chi connectivity index (χ4n) is 3.17. The molecule has 0 bridgehead atoms. The molecule has 0 saturated carbocycles. The van der Waals surface area contributed by atoms with Crippen molar-refractivity contribution in [1.29, 1.82) is 0 Å². The minimum Gasteiger partial charge on any atom is -0.366 e. The monoisotopic (exact) mass is 288 g/mol. The fraction of sp³-hybridized carbons (Fsp3) is 0.700. The predicted octanol–water partition coefficient (Wildman–Crippen LogP) is 5.97. The standard InChI is InChI=1S/C20H32O/c1-15(2)18-11-9-16(3)7-6-8-17(4)10-12-19-20(5,21-19)14-13-18/h8-9,11,15,19H,6-7,10,12-14H2,1-5H3/b16-9+,17-8+,18-11+/t19-,20-/m1/s1. The zero-order valence-electron chi connectivity index (χ0n) is 14.5. The first-order valence-corrected chi connectivity index (χ1v) is 8.60. The summed E-state index contributed by atoms with van der Waals surface area (Å²) in [6, 6.07) is 0. The average Bonchev–Trinajstić information content (AvgIpc) is 3.06. The first kappa shape index (κ1) is 16.5. The van der Waals surface area contributed by atoms with Crippen LogP contribution in [0.1, 0.15) is 73.1 Å². The zero-order valence-corrected chi connectivity index (χ0v) is 14.5. The third-order valence-electron chi connectivity index (χ3n) is 5.10. The van der Waals surface area contributed by atoms with E-state index in [1.165, 1.54) is 43.3 Å². The quantitative estimate of drug-likeness (QED) is 0.427. The number of hydrogen-bond acceptors (Lipinski definition) is 1. The van der Waals surface area contributed by atoms with Crippen LogP contribution in [0.5, 0.6) is 0 Å². The Kier molecular flexibility index (Phi) is 5.48. The molecule has 1 heteroatoms. The molecule has 1 fully saturated rings. The molecule has 21 heavy (non-hydrogen) atoms. The molecule has 0 aromatic heterocycles. The molecule has 1 nitrogen and oxygen atoms in total. The van der Waals surface area contributed by atoms with E-state index in [1.54, 1.807) is 5.57 Å². The Hall–Kier alpha value is -0.820. The van der Waals surface area contributed by atoms with Crippen molar-refractivity contribution in [3.63, 3.8) is 0 Å². The largest absolute Gasteiger partial charge is 0.366 e. The summed E-state index contributed by atoms with van der Waals surface area (Å²) in [4.78, 5) is 0. The molecule has 0 spiro atoms. The van der Waals surface area contributed by atoms with Crippen molar-refractivity contribution < 1.29 is 4.74 Å². The van der Waals surface area contributed by atoms with E-state index in [4.69, 9.17) is 4.74 Å². The van der Waals surface area contributed by atoms with Crippen LogP contribution in [0.15, 0.2) is 34.9 Å². The number of rotatable bonds is 1. The van der Waals surface area contributed by atoms with Crippen LogP contribution in [0, 0.1) is 5.92 Å². The van der Waals surface area contributed by atoms with E-state index in [0.717, 1.165) is 6.42 Å². The number of fused-ring (bicyclic) bond motifs is 1. The Morgan fingerprint density at radius 2 is 1.86 bits per heavy atom. The van der Waals surface area contributed by atoms with Gasteiger partial charge in [-0.15, -0.1) is 0 Å². The van der Waals surface area contributed by atoms with Gasteiger partial charge in [-0.2, -0.15) is 0 Å². The van der Waals surface area contributed by atoms with E-state index in [1.807, 2.05) is 0 Å². The van der Waals surface area contributed by atoms with Crippen LogP contribution in [0.3, 0.4) is 0 Å². The maximum atomic E-state index is 6.01. The molecule has 0 N–H and O–H groups in total. The van der Waals surface area contributed by atoms with Gasteiger partial charge in [0.05, 0.1) is 11.7 Å². The van der Waals surface area contributed by atoms with Crippen molar-refractivity contribution in [2.75, 3.05) is 0 Å². The lowest BCUT2D eigenvalue weighted by Gasteiger charge is -2.14. The summed E-state index contributed by atoms with van der Waals surface area (Å²) >= 11 is 0. The Bertz CT molecular complexity index is 452. The van der Waals surface area contributed by atoms with Gasteiger partial charge in [0.2, 0.25) is 0 Å². The minimum atomic E-state index is 0.136. The van der Waals surface area contributed by atoms with E-state index < -0.39 is 0 Å². The lowest BCUT2D eigenvalue weighted by Crippen LogP contribution is -2.11. The van der Waals surface area contributed by atoms with Crippen molar-refractivity contribution in [3.8, 4) is 0 Å². The number of hydrogen-bond donors (Lipinski definition) is 0. The Balaban J connectivity index is 2.12. The molecule has 1 aliphatic carbocycles. The molecule has 1 heterocycles. The van der Waals surface area contributed by atoms with Crippen molar-refractivity contribution in [2.24, 2.45) is 5.92 Å². The Morgan fingerprint density at radius 1 is 1.10 bits per heavy atom. The molecule has 0 aromatic carbocycles. The van der Waals surface area contributed by atoms with Gasteiger partial charge >= 0.3 is 0 Å². The molecule has 1 saturated heterocycles. The third kappa shape index (κ3) is 4.85. The van der Waals surface area contributed by atoms with Crippen LogP contribution in [0.2, 0.25) is 0 Å². The SMILES string of the molecule is C/C1=C\C=C(\C(C)C)CC[C@@]2(C)O[C@@H]2CC/C(C)=C/CC1. The van der Waals surface area contributed by atoms with Crippen molar-refractivity contribution >= 4 is 0 Å². The van der Waals surface area contributed by atoms with Crippen molar-refractivity contribution in [2.45, 2.75) is 84.8 Å². The van der Waals surface area contributed by atoms with Crippen LogP contribution < -0.4 is 0 Å². The molecule has 2 rings (SSSR count). The highest BCUT2D eigenvalue weighted by atomic mass is 16.6. The molecule has 0 aromatic rings.